The molecule has 0 radical (unpaired) electrons. The summed E-state index contributed by atoms with van der Waals surface area (Å²) in [5.41, 5.74) is -0.264. The lowest BCUT2D eigenvalue weighted by atomic mass is 9.91. The van der Waals surface area contributed by atoms with Crippen LogP contribution in [0.3, 0.4) is 0 Å². The van der Waals surface area contributed by atoms with Crippen molar-refractivity contribution in [2.24, 2.45) is 5.92 Å². The fourth-order valence-corrected chi connectivity index (χ4v) is 11.0. The molecule has 2 aromatic carbocycles. The Morgan fingerprint density at radius 3 is 2.27 bits per heavy atom. The summed E-state index contributed by atoms with van der Waals surface area (Å²) in [5, 5.41) is 9.97. The Hall–Kier alpha value is -4.02. The molecule has 264 valence electrons. The molecule has 4 N–H and O–H groups in total. The van der Waals surface area contributed by atoms with Crippen molar-refractivity contribution in [1.29, 1.82) is 0 Å². The molecule has 9 nitrogen and oxygen atoms in total. The maximum Gasteiger partial charge on any atom is 0.258 e. The van der Waals surface area contributed by atoms with Crippen LogP contribution < -0.4 is 26.3 Å². The van der Waals surface area contributed by atoms with E-state index in [1.165, 1.54) is 4.90 Å². The van der Waals surface area contributed by atoms with Crippen molar-refractivity contribution in [2.45, 2.75) is 102 Å². The van der Waals surface area contributed by atoms with Gasteiger partial charge in [-0.05, 0) is 73.2 Å². The molecular formula is C39H54N4O5Si. The second-order valence-corrected chi connectivity index (χ2v) is 18.4. The number of benzene rings is 2. The van der Waals surface area contributed by atoms with Crippen LogP contribution in [-0.2, 0) is 19.2 Å². The van der Waals surface area contributed by atoms with Crippen LogP contribution in [0, 0.1) is 5.92 Å². The van der Waals surface area contributed by atoms with Gasteiger partial charge in [0, 0.05) is 6.54 Å². The van der Waals surface area contributed by atoms with Gasteiger partial charge in [-0.25, -0.2) is 0 Å². The standard InChI is InChI=1S/C39H54N4O5Si/c1-7-39(6)37(47)40-27-34(44)43-25-17-24-33(43)36(46)41-32(35(45)42-39)23-16-8-11-18-28(2)29(3)26-38(4,5)49(48,30-19-12-9-13-20-30)31-21-14-10-15-22-31/h9-15,18-22,29,32-33,48H,2,7-8,16-17,23-27H2,1,3-6H3,(H,40,47)(H,41,46)(H,42,45)/b18-11+/t29-,32-,33+,39-/m0/s1. The smallest absolute Gasteiger partial charge is 0.258 e. The minimum absolute atomic E-state index is 0.101. The number of nitrogens with zero attached hydrogens (tertiary/aromatic N) is 1. The Morgan fingerprint density at radius 2 is 1.67 bits per heavy atom. The third kappa shape index (κ3) is 8.59. The minimum Gasteiger partial charge on any atom is -0.424 e. The van der Waals surface area contributed by atoms with Crippen molar-refractivity contribution >= 4 is 42.3 Å². The van der Waals surface area contributed by atoms with E-state index in [4.69, 9.17) is 0 Å². The molecule has 0 spiro atoms. The van der Waals surface area contributed by atoms with Gasteiger partial charge in [-0.15, -0.1) is 0 Å². The van der Waals surface area contributed by atoms with Crippen LogP contribution >= 0.6 is 0 Å². The van der Waals surface area contributed by atoms with Crippen LogP contribution in [0.25, 0.3) is 0 Å². The lowest BCUT2D eigenvalue weighted by Gasteiger charge is -2.42. The van der Waals surface area contributed by atoms with E-state index in [1.54, 1.807) is 13.8 Å². The Balaban J connectivity index is 1.41. The Morgan fingerprint density at radius 1 is 1.06 bits per heavy atom. The highest BCUT2D eigenvalue weighted by Crippen LogP contribution is 2.42. The van der Waals surface area contributed by atoms with Gasteiger partial charge in [-0.2, -0.15) is 0 Å². The van der Waals surface area contributed by atoms with E-state index in [2.05, 4.69) is 43.3 Å². The van der Waals surface area contributed by atoms with Crippen LogP contribution in [0.4, 0.5) is 0 Å². The zero-order valence-corrected chi connectivity index (χ0v) is 30.8. The van der Waals surface area contributed by atoms with Gasteiger partial charge in [0.25, 0.3) is 8.32 Å². The lowest BCUT2D eigenvalue weighted by Crippen LogP contribution is -2.65. The van der Waals surface area contributed by atoms with Crippen molar-refractivity contribution in [2.75, 3.05) is 13.1 Å². The predicted molar refractivity (Wildman–Crippen MR) is 197 cm³/mol. The molecule has 0 bridgehead atoms. The summed E-state index contributed by atoms with van der Waals surface area (Å²) in [5.74, 6) is -1.38. The zero-order chi connectivity index (χ0) is 35.8. The average molecular weight is 687 g/mol. The number of allylic oxidation sites excluding steroid dienone is 3. The predicted octanol–water partition coefficient (Wildman–Crippen LogP) is 3.72. The molecule has 2 aliphatic heterocycles. The summed E-state index contributed by atoms with van der Waals surface area (Å²) in [4.78, 5) is 66.8. The van der Waals surface area contributed by atoms with E-state index >= 15 is 0 Å². The number of unbranched alkanes of at least 4 members (excludes halogenated alkanes) is 1. The summed E-state index contributed by atoms with van der Waals surface area (Å²) in [6.45, 7) is 14.5. The Labute approximate surface area is 292 Å². The lowest BCUT2D eigenvalue weighted by molar-refractivity contribution is -0.142. The highest BCUT2D eigenvalue weighted by molar-refractivity contribution is 6.98. The van der Waals surface area contributed by atoms with E-state index in [0.29, 0.717) is 45.1 Å². The molecule has 2 aromatic rings. The first-order valence-electron chi connectivity index (χ1n) is 17.6. The summed E-state index contributed by atoms with van der Waals surface area (Å²) in [6, 6.07) is 18.5. The fourth-order valence-electron chi connectivity index (χ4n) is 7.18. The summed E-state index contributed by atoms with van der Waals surface area (Å²) in [6.07, 6.45) is 7.95. The first-order chi connectivity index (χ1) is 23.2. The van der Waals surface area contributed by atoms with Crippen LogP contribution in [0.15, 0.2) is 85.0 Å². The van der Waals surface area contributed by atoms with E-state index < -0.39 is 42.8 Å². The number of rotatable bonds is 12. The summed E-state index contributed by atoms with van der Waals surface area (Å²) in [7, 11) is -3.15. The molecular weight excluding hydrogens is 633 g/mol. The van der Waals surface area contributed by atoms with Crippen LogP contribution in [-0.4, -0.2) is 72.4 Å². The number of carbonyl (C=O) groups excluding carboxylic acids is 4. The van der Waals surface area contributed by atoms with Crippen molar-refractivity contribution in [1.82, 2.24) is 20.9 Å². The van der Waals surface area contributed by atoms with Crippen LogP contribution in [0.5, 0.6) is 0 Å². The first-order valence-corrected chi connectivity index (χ1v) is 19.6. The highest BCUT2D eigenvalue weighted by atomic mass is 28.4. The van der Waals surface area contributed by atoms with Gasteiger partial charge in [0.2, 0.25) is 23.6 Å². The molecule has 2 fully saturated rings. The molecule has 0 aromatic heterocycles. The minimum atomic E-state index is -3.15. The van der Waals surface area contributed by atoms with Gasteiger partial charge in [-0.3, -0.25) is 19.2 Å². The zero-order valence-electron chi connectivity index (χ0n) is 29.8. The van der Waals surface area contributed by atoms with Gasteiger partial charge in [0.05, 0.1) is 6.54 Å². The van der Waals surface area contributed by atoms with Crippen molar-refractivity contribution < 1.29 is 24.0 Å². The van der Waals surface area contributed by atoms with Crippen LogP contribution in [0.1, 0.15) is 79.6 Å². The molecule has 0 aliphatic carbocycles. The number of fused-ring (bicyclic) bond motifs is 1. The summed E-state index contributed by atoms with van der Waals surface area (Å²) < 4.78 is 0. The first kappa shape index (κ1) is 37.8. The molecule has 2 aliphatic rings. The van der Waals surface area contributed by atoms with E-state index in [1.807, 2.05) is 72.8 Å². The maximum atomic E-state index is 13.5. The fraction of sp³-hybridized carbons (Fsp3) is 0.487. The van der Waals surface area contributed by atoms with Gasteiger partial charge in [-0.1, -0.05) is 113 Å². The van der Waals surface area contributed by atoms with Crippen LogP contribution in [0.2, 0.25) is 5.04 Å². The highest BCUT2D eigenvalue weighted by Gasteiger charge is 2.50. The Bertz CT molecular complexity index is 1490. The number of hydrogen-bond donors (Lipinski definition) is 4. The van der Waals surface area contributed by atoms with Crippen molar-refractivity contribution in [3.05, 3.63) is 85.0 Å². The van der Waals surface area contributed by atoms with Gasteiger partial charge >= 0.3 is 0 Å². The largest absolute Gasteiger partial charge is 0.424 e. The quantitative estimate of drug-likeness (QED) is 0.154. The maximum absolute atomic E-state index is 13.5. The number of amides is 4. The third-order valence-electron chi connectivity index (χ3n) is 10.5. The van der Waals surface area contributed by atoms with E-state index in [0.717, 1.165) is 22.4 Å². The Kier molecular flexibility index (Phi) is 12.4. The van der Waals surface area contributed by atoms with Gasteiger partial charge < -0.3 is 25.6 Å². The monoisotopic (exact) mass is 686 g/mol. The second-order valence-electron chi connectivity index (χ2n) is 14.5. The van der Waals surface area contributed by atoms with Crippen molar-refractivity contribution in [3.8, 4) is 0 Å². The molecule has 2 heterocycles. The molecule has 2 saturated heterocycles. The molecule has 10 heteroatoms. The molecule has 4 amide bonds. The molecule has 4 rings (SSSR count). The molecule has 4 atom stereocenters. The topological polar surface area (TPSA) is 128 Å². The van der Waals surface area contributed by atoms with E-state index in [-0.39, 0.29) is 24.3 Å². The number of carbonyl (C=O) groups is 4. The van der Waals surface area contributed by atoms with Crippen molar-refractivity contribution in [3.63, 3.8) is 0 Å². The summed E-state index contributed by atoms with van der Waals surface area (Å²) >= 11 is 0. The molecule has 0 saturated carbocycles. The SMILES string of the molecule is C=C(/C=C/CCC[C@@H]1NC(=O)[C@H]2CCCN2C(=O)CNC(=O)[C@](C)(CC)NC1=O)[C@@H](C)CC(C)(C)[Si](O)(c1ccccc1)c1ccccc1. The normalized spacial score (nSPS) is 23.2. The third-order valence-corrected chi connectivity index (χ3v) is 15.0. The number of nitrogens with one attached hydrogen (secondary N) is 3. The van der Waals surface area contributed by atoms with Gasteiger partial charge in [0.15, 0.2) is 0 Å². The average Bonchev–Trinajstić information content (AvgIpc) is 3.60. The van der Waals surface area contributed by atoms with E-state index in [9.17, 15) is 24.0 Å². The van der Waals surface area contributed by atoms with Gasteiger partial charge in [0.1, 0.15) is 17.6 Å². The molecule has 49 heavy (non-hydrogen) atoms. The number of hydrogen-bond acceptors (Lipinski definition) is 5. The molecule has 0 unspecified atom stereocenters. The second kappa shape index (κ2) is 16.1.